The number of benzene rings is 2. The number of halogens is 2. The van der Waals surface area contributed by atoms with Crippen molar-refractivity contribution in [3.8, 4) is 0 Å². The van der Waals surface area contributed by atoms with Gasteiger partial charge in [0.15, 0.2) is 0 Å². The summed E-state index contributed by atoms with van der Waals surface area (Å²) < 4.78 is 54.0. The number of sulfonamides is 1. The van der Waals surface area contributed by atoms with E-state index in [0.29, 0.717) is 12.2 Å². The van der Waals surface area contributed by atoms with Crippen LogP contribution < -0.4 is 10.0 Å². The van der Waals surface area contributed by atoms with Crippen molar-refractivity contribution in [2.24, 2.45) is 0 Å². The van der Waals surface area contributed by atoms with Gasteiger partial charge in [-0.05, 0) is 54.7 Å². The zero-order valence-corrected chi connectivity index (χ0v) is 17.0. The van der Waals surface area contributed by atoms with Gasteiger partial charge in [-0.2, -0.15) is 16.5 Å². The molecule has 2 N–H and O–H groups in total. The van der Waals surface area contributed by atoms with Crippen molar-refractivity contribution in [1.29, 1.82) is 0 Å². The molecule has 0 aromatic heterocycles. The number of carbonyl (C=O) groups is 1. The molecule has 28 heavy (non-hydrogen) atoms. The van der Waals surface area contributed by atoms with Gasteiger partial charge < -0.3 is 5.32 Å². The lowest BCUT2D eigenvalue weighted by atomic mass is 10.1. The average Bonchev–Trinajstić information content (AvgIpc) is 2.66. The molecule has 0 aliphatic heterocycles. The van der Waals surface area contributed by atoms with E-state index in [1.807, 2.05) is 6.26 Å². The summed E-state index contributed by atoms with van der Waals surface area (Å²) in [4.78, 5) is 12.0. The molecule has 1 atom stereocenters. The van der Waals surface area contributed by atoms with E-state index in [0.717, 1.165) is 17.7 Å². The molecule has 152 valence electrons. The molecule has 9 heteroatoms. The highest BCUT2D eigenvalue weighted by molar-refractivity contribution is 7.98. The van der Waals surface area contributed by atoms with Gasteiger partial charge in [0.1, 0.15) is 22.6 Å². The smallest absolute Gasteiger partial charge is 0.244 e. The molecular formula is C19H22F2N2O3S2. The highest BCUT2D eigenvalue weighted by Crippen LogP contribution is 2.15. The fraction of sp³-hybridized carbons (Fsp3) is 0.316. The van der Waals surface area contributed by atoms with Crippen LogP contribution in [0.25, 0.3) is 0 Å². The highest BCUT2D eigenvalue weighted by atomic mass is 32.2. The predicted octanol–water partition coefficient (Wildman–Crippen LogP) is 2.72. The quantitative estimate of drug-likeness (QED) is 0.610. The number of nitrogens with one attached hydrogen (secondary N) is 2. The van der Waals surface area contributed by atoms with E-state index in [2.05, 4.69) is 10.0 Å². The van der Waals surface area contributed by atoms with E-state index < -0.39 is 32.7 Å². The van der Waals surface area contributed by atoms with E-state index in [1.165, 1.54) is 36.0 Å². The number of carbonyl (C=O) groups excluding carboxylic acids is 1. The number of hydrogen-bond donors (Lipinski definition) is 2. The summed E-state index contributed by atoms with van der Waals surface area (Å²) in [6.07, 6.45) is 2.58. The molecule has 0 bridgehead atoms. The van der Waals surface area contributed by atoms with E-state index in [4.69, 9.17) is 0 Å². The van der Waals surface area contributed by atoms with Crippen molar-refractivity contribution in [2.45, 2.75) is 23.8 Å². The van der Waals surface area contributed by atoms with Crippen LogP contribution in [-0.4, -0.2) is 38.9 Å². The first-order chi connectivity index (χ1) is 13.3. The molecule has 5 nitrogen and oxygen atoms in total. The Bertz CT molecular complexity index is 890. The zero-order chi connectivity index (χ0) is 20.6. The fourth-order valence-electron chi connectivity index (χ4n) is 2.50. The van der Waals surface area contributed by atoms with Gasteiger partial charge in [-0.15, -0.1) is 0 Å². The standard InChI is InChI=1S/C19H22F2N2O3S2/c1-27-13-11-17(23-28(25,26)18-5-3-2-4-16(18)21)19(24)22-12-10-14-6-8-15(20)9-7-14/h2-9,17,23H,10-13H2,1H3,(H,22,24). The van der Waals surface area contributed by atoms with Crippen LogP contribution in [0, 0.1) is 11.6 Å². The Hall–Kier alpha value is -1.97. The minimum atomic E-state index is -4.18. The van der Waals surface area contributed by atoms with Gasteiger partial charge in [-0.3, -0.25) is 4.79 Å². The van der Waals surface area contributed by atoms with Gasteiger partial charge in [-0.25, -0.2) is 17.2 Å². The van der Waals surface area contributed by atoms with E-state index in [9.17, 15) is 22.0 Å². The Labute approximate surface area is 168 Å². The Balaban J connectivity index is 2.02. The van der Waals surface area contributed by atoms with Crippen LogP contribution in [0.3, 0.4) is 0 Å². The van der Waals surface area contributed by atoms with Crippen LogP contribution in [0.4, 0.5) is 8.78 Å². The van der Waals surface area contributed by atoms with Crippen LogP contribution in [0.5, 0.6) is 0 Å². The third kappa shape index (κ3) is 6.57. The maximum absolute atomic E-state index is 13.9. The molecule has 1 unspecified atom stereocenters. The van der Waals surface area contributed by atoms with Crippen molar-refractivity contribution >= 4 is 27.7 Å². The summed E-state index contributed by atoms with van der Waals surface area (Å²) in [6, 6.07) is 9.89. The summed E-state index contributed by atoms with van der Waals surface area (Å²) in [7, 11) is -4.18. The molecule has 0 saturated carbocycles. The minimum absolute atomic E-state index is 0.261. The molecule has 0 saturated heterocycles. The molecule has 2 rings (SSSR count). The molecule has 0 heterocycles. The zero-order valence-electron chi connectivity index (χ0n) is 15.3. The Morgan fingerprint density at radius 2 is 1.79 bits per heavy atom. The lowest BCUT2D eigenvalue weighted by Crippen LogP contribution is -2.47. The third-order valence-corrected chi connectivity index (χ3v) is 6.13. The van der Waals surface area contributed by atoms with Crippen molar-refractivity contribution in [3.05, 3.63) is 65.7 Å². The molecular weight excluding hydrogens is 406 g/mol. The normalized spacial score (nSPS) is 12.5. The predicted molar refractivity (Wildman–Crippen MR) is 107 cm³/mol. The maximum Gasteiger partial charge on any atom is 0.244 e. The summed E-state index contributed by atoms with van der Waals surface area (Å²) in [6.45, 7) is 0.266. The van der Waals surface area contributed by atoms with E-state index >= 15 is 0 Å². The van der Waals surface area contributed by atoms with Crippen LogP contribution >= 0.6 is 11.8 Å². The first-order valence-corrected chi connectivity index (χ1v) is 11.5. The number of thioether (sulfide) groups is 1. The second-order valence-electron chi connectivity index (χ2n) is 6.05. The Morgan fingerprint density at radius 3 is 2.43 bits per heavy atom. The van der Waals surface area contributed by atoms with Gasteiger partial charge >= 0.3 is 0 Å². The Morgan fingerprint density at radius 1 is 1.11 bits per heavy atom. The monoisotopic (exact) mass is 428 g/mol. The van der Waals surface area contributed by atoms with Crippen LogP contribution in [-0.2, 0) is 21.2 Å². The van der Waals surface area contributed by atoms with E-state index in [-0.39, 0.29) is 18.8 Å². The highest BCUT2D eigenvalue weighted by Gasteiger charge is 2.27. The molecule has 1 amide bonds. The first-order valence-electron chi connectivity index (χ1n) is 8.61. The molecule has 0 spiro atoms. The average molecular weight is 429 g/mol. The minimum Gasteiger partial charge on any atom is -0.354 e. The third-order valence-electron chi connectivity index (χ3n) is 3.98. The van der Waals surface area contributed by atoms with Gasteiger partial charge in [0.05, 0.1) is 0 Å². The number of rotatable bonds is 10. The van der Waals surface area contributed by atoms with Crippen LogP contribution in [0.2, 0.25) is 0 Å². The van der Waals surface area contributed by atoms with Crippen LogP contribution in [0.1, 0.15) is 12.0 Å². The van der Waals surface area contributed by atoms with Gasteiger partial charge in [-0.1, -0.05) is 24.3 Å². The summed E-state index contributed by atoms with van der Waals surface area (Å²) in [5, 5.41) is 2.68. The molecule has 0 radical (unpaired) electrons. The van der Waals surface area contributed by atoms with Crippen molar-refractivity contribution in [2.75, 3.05) is 18.6 Å². The largest absolute Gasteiger partial charge is 0.354 e. The summed E-state index contributed by atoms with van der Waals surface area (Å²) >= 11 is 1.47. The fourth-order valence-corrected chi connectivity index (χ4v) is 4.28. The van der Waals surface area contributed by atoms with E-state index in [1.54, 1.807) is 12.1 Å². The van der Waals surface area contributed by atoms with Gasteiger partial charge in [0, 0.05) is 6.54 Å². The second kappa shape index (κ2) is 10.5. The number of amides is 1. The number of hydrogen-bond acceptors (Lipinski definition) is 4. The van der Waals surface area contributed by atoms with Gasteiger partial charge in [0.2, 0.25) is 15.9 Å². The van der Waals surface area contributed by atoms with Crippen LogP contribution in [0.15, 0.2) is 53.4 Å². The lowest BCUT2D eigenvalue weighted by molar-refractivity contribution is -0.122. The SMILES string of the molecule is CSCCC(NS(=O)(=O)c1ccccc1F)C(=O)NCCc1ccc(F)cc1. The molecule has 0 aliphatic rings. The summed E-state index contributed by atoms with van der Waals surface area (Å²) in [5.74, 6) is -1.16. The maximum atomic E-state index is 13.9. The summed E-state index contributed by atoms with van der Waals surface area (Å²) in [5.41, 5.74) is 0.842. The molecule has 2 aromatic carbocycles. The van der Waals surface area contributed by atoms with Gasteiger partial charge in [0.25, 0.3) is 0 Å². The second-order valence-corrected chi connectivity index (χ2v) is 8.72. The van der Waals surface area contributed by atoms with Crippen molar-refractivity contribution < 1.29 is 22.0 Å². The Kier molecular flexibility index (Phi) is 8.40. The lowest BCUT2D eigenvalue weighted by Gasteiger charge is -2.18. The van der Waals surface area contributed by atoms with Crippen molar-refractivity contribution in [3.63, 3.8) is 0 Å². The topological polar surface area (TPSA) is 75.3 Å². The van der Waals surface area contributed by atoms with Crippen molar-refractivity contribution in [1.82, 2.24) is 10.0 Å². The molecule has 0 aliphatic carbocycles. The molecule has 0 fully saturated rings. The first kappa shape index (κ1) is 22.3. The molecule has 2 aromatic rings.